The van der Waals surface area contributed by atoms with Crippen molar-refractivity contribution < 1.29 is 28.5 Å². The van der Waals surface area contributed by atoms with Gasteiger partial charge in [-0.2, -0.15) is 0 Å². The molecule has 134 valence electrons. The average Bonchev–Trinajstić information content (AvgIpc) is 2.69. The molecule has 3 rings (SSSR count). The lowest BCUT2D eigenvalue weighted by Crippen LogP contribution is -2.08. The van der Waals surface area contributed by atoms with Gasteiger partial charge < -0.3 is 18.9 Å². The van der Waals surface area contributed by atoms with Crippen LogP contribution in [0.15, 0.2) is 24.3 Å². The third-order valence-electron chi connectivity index (χ3n) is 3.93. The van der Waals surface area contributed by atoms with E-state index in [9.17, 15) is 9.59 Å². The van der Waals surface area contributed by atoms with Crippen molar-refractivity contribution in [2.45, 2.75) is 0 Å². The minimum atomic E-state index is -0.561. The van der Waals surface area contributed by atoms with Crippen LogP contribution in [0.5, 0.6) is 11.5 Å². The Morgan fingerprint density at radius 1 is 0.654 bits per heavy atom. The van der Waals surface area contributed by atoms with Crippen LogP contribution in [0.2, 0.25) is 0 Å². The van der Waals surface area contributed by atoms with Gasteiger partial charge in [0.05, 0.1) is 39.6 Å². The van der Waals surface area contributed by atoms with E-state index in [1.54, 1.807) is 24.3 Å². The normalized spacial score (nSPS) is 10.6. The topological polar surface area (TPSA) is 96.8 Å². The Balaban J connectivity index is 2.49. The van der Waals surface area contributed by atoms with E-state index in [0.717, 1.165) is 0 Å². The Morgan fingerprint density at radius 2 is 1.04 bits per heavy atom. The number of esters is 2. The van der Waals surface area contributed by atoms with Crippen molar-refractivity contribution in [3.8, 4) is 11.5 Å². The first-order chi connectivity index (χ1) is 12.5. The van der Waals surface area contributed by atoms with Crippen molar-refractivity contribution in [1.29, 1.82) is 0 Å². The predicted molar refractivity (Wildman–Crippen MR) is 92.8 cm³/mol. The maximum atomic E-state index is 12.1. The highest BCUT2D eigenvalue weighted by molar-refractivity contribution is 6.09. The first-order valence-electron chi connectivity index (χ1n) is 7.57. The van der Waals surface area contributed by atoms with Crippen molar-refractivity contribution in [1.82, 2.24) is 9.97 Å². The van der Waals surface area contributed by atoms with E-state index >= 15 is 0 Å². The van der Waals surface area contributed by atoms with Gasteiger partial charge in [-0.05, 0) is 24.3 Å². The van der Waals surface area contributed by atoms with Gasteiger partial charge in [0.25, 0.3) is 0 Å². The lowest BCUT2D eigenvalue weighted by molar-refractivity contribution is 0.0593. The second-order valence-electron chi connectivity index (χ2n) is 5.23. The smallest absolute Gasteiger partial charge is 0.340 e. The second-order valence-corrected chi connectivity index (χ2v) is 5.23. The number of rotatable bonds is 4. The summed E-state index contributed by atoms with van der Waals surface area (Å²) in [5, 5.41) is 0. The van der Waals surface area contributed by atoms with Crippen molar-refractivity contribution in [2.75, 3.05) is 28.4 Å². The van der Waals surface area contributed by atoms with E-state index in [4.69, 9.17) is 18.9 Å². The molecule has 0 atom stereocenters. The lowest BCUT2D eigenvalue weighted by atomic mass is 10.1. The fourth-order valence-electron chi connectivity index (χ4n) is 2.67. The van der Waals surface area contributed by atoms with Crippen molar-refractivity contribution >= 4 is 34.0 Å². The molecule has 0 aliphatic heterocycles. The number of fused-ring (bicyclic) bond motifs is 2. The maximum Gasteiger partial charge on any atom is 0.340 e. The Kier molecular flexibility index (Phi) is 4.57. The molecule has 0 spiro atoms. The molecule has 0 fully saturated rings. The molecule has 0 radical (unpaired) electrons. The molecule has 8 nitrogen and oxygen atoms in total. The number of methoxy groups -OCH3 is 4. The zero-order valence-electron chi connectivity index (χ0n) is 14.7. The minimum Gasteiger partial charge on any atom is -0.494 e. The predicted octanol–water partition coefficient (Wildman–Crippen LogP) is 2.37. The van der Waals surface area contributed by atoms with Crippen molar-refractivity contribution in [2.24, 2.45) is 0 Å². The van der Waals surface area contributed by atoms with Gasteiger partial charge in [0, 0.05) is 0 Å². The summed E-state index contributed by atoms with van der Waals surface area (Å²) in [5.74, 6) is -0.315. The summed E-state index contributed by atoms with van der Waals surface area (Å²) in [6.45, 7) is 0. The molecule has 1 aromatic heterocycles. The molecule has 1 heterocycles. The molecule has 0 N–H and O–H groups in total. The highest BCUT2D eigenvalue weighted by atomic mass is 16.5. The first-order valence-corrected chi connectivity index (χ1v) is 7.57. The van der Waals surface area contributed by atoms with Crippen LogP contribution in [-0.2, 0) is 9.47 Å². The highest BCUT2D eigenvalue weighted by Gasteiger charge is 2.21. The van der Waals surface area contributed by atoms with Crippen molar-refractivity contribution in [3.63, 3.8) is 0 Å². The van der Waals surface area contributed by atoms with Gasteiger partial charge in [0.1, 0.15) is 33.6 Å². The third-order valence-corrected chi connectivity index (χ3v) is 3.93. The summed E-state index contributed by atoms with van der Waals surface area (Å²) >= 11 is 0. The summed E-state index contributed by atoms with van der Waals surface area (Å²) in [7, 11) is 5.52. The van der Waals surface area contributed by atoms with Crippen LogP contribution in [0.4, 0.5) is 0 Å². The van der Waals surface area contributed by atoms with Crippen LogP contribution in [0, 0.1) is 0 Å². The summed E-state index contributed by atoms with van der Waals surface area (Å²) in [6, 6.07) is 6.27. The van der Waals surface area contributed by atoms with E-state index in [0.29, 0.717) is 22.5 Å². The monoisotopic (exact) mass is 356 g/mol. The Bertz CT molecular complexity index is 948. The highest BCUT2D eigenvalue weighted by Crippen LogP contribution is 2.32. The van der Waals surface area contributed by atoms with Crippen LogP contribution >= 0.6 is 0 Å². The number of ether oxygens (including phenoxy) is 4. The molecule has 2 aromatic carbocycles. The molecular formula is C18H16N2O6. The van der Waals surface area contributed by atoms with Gasteiger partial charge >= 0.3 is 11.9 Å². The van der Waals surface area contributed by atoms with Crippen LogP contribution < -0.4 is 9.47 Å². The van der Waals surface area contributed by atoms with E-state index in [2.05, 4.69) is 9.97 Å². The number of aromatic nitrogens is 2. The maximum absolute atomic E-state index is 12.1. The van der Waals surface area contributed by atoms with Crippen LogP contribution in [0.1, 0.15) is 20.7 Å². The van der Waals surface area contributed by atoms with Gasteiger partial charge in [0.2, 0.25) is 0 Å². The molecule has 8 heteroatoms. The fraction of sp³-hybridized carbons (Fsp3) is 0.222. The molecule has 0 amide bonds. The average molecular weight is 356 g/mol. The standard InChI is InChI=1S/C18H16N2O6/c1-23-11-7-5-9(17(21)25-3)13-15(11)19-14-10(18(22)26-4)6-8-12(24-2)16(14)20-13/h5-8H,1-4H3. The van der Waals surface area contributed by atoms with Crippen molar-refractivity contribution in [3.05, 3.63) is 35.4 Å². The molecule has 26 heavy (non-hydrogen) atoms. The number of carbonyl (C=O) groups excluding carboxylic acids is 2. The largest absolute Gasteiger partial charge is 0.494 e. The summed E-state index contributed by atoms with van der Waals surface area (Å²) in [4.78, 5) is 33.3. The SMILES string of the molecule is COC(=O)c1ccc(OC)c2nc3c(C(=O)OC)ccc(OC)c3nc12. The summed E-state index contributed by atoms with van der Waals surface area (Å²) in [5.41, 5.74) is 1.65. The van der Waals surface area contributed by atoms with E-state index in [1.807, 2.05) is 0 Å². The Labute approximate surface area is 148 Å². The summed E-state index contributed by atoms with van der Waals surface area (Å²) < 4.78 is 20.3. The van der Waals surface area contributed by atoms with Crippen LogP contribution in [0.25, 0.3) is 22.1 Å². The van der Waals surface area contributed by atoms with Crippen LogP contribution in [-0.4, -0.2) is 50.3 Å². The molecule has 0 aliphatic rings. The fourth-order valence-corrected chi connectivity index (χ4v) is 2.67. The van der Waals surface area contributed by atoms with Gasteiger partial charge in [-0.15, -0.1) is 0 Å². The number of hydrogen-bond donors (Lipinski definition) is 0. The number of carbonyl (C=O) groups is 2. The molecule has 0 saturated heterocycles. The Morgan fingerprint density at radius 3 is 1.35 bits per heavy atom. The van der Waals surface area contributed by atoms with Gasteiger partial charge in [-0.1, -0.05) is 0 Å². The molecule has 0 bridgehead atoms. The van der Waals surface area contributed by atoms with E-state index in [-0.39, 0.29) is 22.2 Å². The Hall–Kier alpha value is -3.42. The second kappa shape index (κ2) is 6.83. The zero-order chi connectivity index (χ0) is 18.8. The molecule has 0 aliphatic carbocycles. The minimum absolute atomic E-state index is 0.225. The first kappa shape index (κ1) is 17.4. The van der Waals surface area contributed by atoms with Gasteiger partial charge in [-0.25, -0.2) is 19.6 Å². The number of hydrogen-bond acceptors (Lipinski definition) is 8. The van der Waals surface area contributed by atoms with E-state index < -0.39 is 11.9 Å². The molecule has 0 unspecified atom stereocenters. The van der Waals surface area contributed by atoms with Gasteiger partial charge in [-0.3, -0.25) is 0 Å². The molecule has 0 saturated carbocycles. The summed E-state index contributed by atoms with van der Waals surface area (Å²) in [6.07, 6.45) is 0. The molecular weight excluding hydrogens is 340 g/mol. The van der Waals surface area contributed by atoms with Crippen LogP contribution in [0.3, 0.4) is 0 Å². The molecule has 3 aromatic rings. The lowest BCUT2D eigenvalue weighted by Gasteiger charge is -2.12. The quantitative estimate of drug-likeness (QED) is 0.519. The number of nitrogens with zero attached hydrogens (tertiary/aromatic N) is 2. The third kappa shape index (κ3) is 2.65. The van der Waals surface area contributed by atoms with Gasteiger partial charge in [0.15, 0.2) is 0 Å². The number of benzene rings is 2. The van der Waals surface area contributed by atoms with E-state index in [1.165, 1.54) is 28.4 Å². The zero-order valence-corrected chi connectivity index (χ0v) is 14.7.